The van der Waals surface area contributed by atoms with Crippen molar-refractivity contribution in [2.24, 2.45) is 5.73 Å². The lowest BCUT2D eigenvalue weighted by Crippen LogP contribution is -2.37. The molecule has 5 nitrogen and oxygen atoms in total. The van der Waals surface area contributed by atoms with Crippen molar-refractivity contribution in [2.75, 3.05) is 13.1 Å². The summed E-state index contributed by atoms with van der Waals surface area (Å²) in [7, 11) is 0. The standard InChI is InChI=1S/C13H19N3O2/c1-8-6-11(12(13(14)17)9(2)16-8)18-10-4-3-5-15-7-10/h6,10,15H,3-5,7H2,1-2H3,(H2,14,17)/t10-/m0/s1. The number of carbonyl (C=O) groups is 1. The van der Waals surface area contributed by atoms with E-state index in [1.807, 2.05) is 6.92 Å². The highest BCUT2D eigenvalue weighted by Gasteiger charge is 2.20. The van der Waals surface area contributed by atoms with E-state index in [9.17, 15) is 4.79 Å². The fourth-order valence-electron chi connectivity index (χ4n) is 2.29. The highest BCUT2D eigenvalue weighted by molar-refractivity contribution is 5.96. The first-order valence-electron chi connectivity index (χ1n) is 6.23. The zero-order valence-electron chi connectivity index (χ0n) is 10.8. The number of hydrogen-bond donors (Lipinski definition) is 2. The second-order valence-electron chi connectivity index (χ2n) is 4.67. The summed E-state index contributed by atoms with van der Waals surface area (Å²) >= 11 is 0. The number of nitrogens with two attached hydrogens (primary N) is 1. The highest BCUT2D eigenvalue weighted by Crippen LogP contribution is 2.24. The van der Waals surface area contributed by atoms with Gasteiger partial charge in [0.05, 0.1) is 5.69 Å². The van der Waals surface area contributed by atoms with E-state index < -0.39 is 5.91 Å². The molecule has 0 spiro atoms. The Hall–Kier alpha value is -1.62. The van der Waals surface area contributed by atoms with Crippen molar-refractivity contribution >= 4 is 5.91 Å². The molecule has 5 heteroatoms. The van der Waals surface area contributed by atoms with Gasteiger partial charge in [-0.25, -0.2) is 0 Å². The fourth-order valence-corrected chi connectivity index (χ4v) is 2.29. The van der Waals surface area contributed by atoms with Crippen molar-refractivity contribution in [3.63, 3.8) is 0 Å². The number of rotatable bonds is 3. The van der Waals surface area contributed by atoms with Crippen LogP contribution in [0.15, 0.2) is 6.07 Å². The van der Waals surface area contributed by atoms with Gasteiger partial charge in [-0.1, -0.05) is 0 Å². The molecule has 3 N–H and O–H groups in total. The molecule has 0 aromatic carbocycles. The lowest BCUT2D eigenvalue weighted by Gasteiger charge is -2.25. The quantitative estimate of drug-likeness (QED) is 0.835. The minimum Gasteiger partial charge on any atom is -0.488 e. The number of primary amides is 1. The van der Waals surface area contributed by atoms with Gasteiger partial charge in [-0.2, -0.15) is 0 Å². The van der Waals surface area contributed by atoms with Crippen molar-refractivity contribution in [3.05, 3.63) is 23.0 Å². The molecule has 1 aromatic heterocycles. The van der Waals surface area contributed by atoms with Crippen LogP contribution in [0.2, 0.25) is 0 Å². The van der Waals surface area contributed by atoms with Crippen LogP contribution in [0, 0.1) is 13.8 Å². The number of aromatic nitrogens is 1. The zero-order valence-corrected chi connectivity index (χ0v) is 10.8. The van der Waals surface area contributed by atoms with Crippen LogP contribution in [-0.4, -0.2) is 30.1 Å². The van der Waals surface area contributed by atoms with E-state index in [2.05, 4.69) is 10.3 Å². The Balaban J connectivity index is 2.27. The minimum atomic E-state index is -0.487. The van der Waals surface area contributed by atoms with Crippen LogP contribution in [0.25, 0.3) is 0 Å². The summed E-state index contributed by atoms with van der Waals surface area (Å²) < 4.78 is 5.91. The first kappa shape index (κ1) is 12.8. The molecular weight excluding hydrogens is 230 g/mol. The van der Waals surface area contributed by atoms with Gasteiger partial charge >= 0.3 is 0 Å². The van der Waals surface area contributed by atoms with Gasteiger partial charge in [-0.15, -0.1) is 0 Å². The van der Waals surface area contributed by atoms with E-state index >= 15 is 0 Å². The maximum Gasteiger partial charge on any atom is 0.254 e. The van der Waals surface area contributed by atoms with Crippen LogP contribution in [0.1, 0.15) is 34.6 Å². The monoisotopic (exact) mass is 249 g/mol. The molecule has 2 heterocycles. The molecule has 1 saturated heterocycles. The Morgan fingerprint density at radius 3 is 2.94 bits per heavy atom. The van der Waals surface area contributed by atoms with Gasteiger partial charge in [0.15, 0.2) is 0 Å². The summed E-state index contributed by atoms with van der Waals surface area (Å²) in [5, 5.41) is 3.28. The summed E-state index contributed by atoms with van der Waals surface area (Å²) in [4.78, 5) is 15.7. The third kappa shape index (κ3) is 2.79. The molecule has 18 heavy (non-hydrogen) atoms. The zero-order chi connectivity index (χ0) is 13.1. The van der Waals surface area contributed by atoms with Gasteiger partial charge in [0.1, 0.15) is 17.4 Å². The molecule has 0 radical (unpaired) electrons. The highest BCUT2D eigenvalue weighted by atomic mass is 16.5. The van der Waals surface area contributed by atoms with Gasteiger partial charge < -0.3 is 15.8 Å². The first-order chi connectivity index (χ1) is 8.58. The summed E-state index contributed by atoms with van der Waals surface area (Å²) in [5.74, 6) is 0.0694. The Morgan fingerprint density at radius 2 is 2.33 bits per heavy atom. The molecule has 0 saturated carbocycles. The number of carbonyl (C=O) groups excluding carboxylic acids is 1. The van der Waals surface area contributed by atoms with E-state index in [4.69, 9.17) is 10.5 Å². The van der Waals surface area contributed by atoms with Crippen molar-refractivity contribution in [1.29, 1.82) is 0 Å². The van der Waals surface area contributed by atoms with Crippen LogP contribution in [0.4, 0.5) is 0 Å². The Kier molecular flexibility index (Phi) is 3.81. The van der Waals surface area contributed by atoms with Crippen LogP contribution < -0.4 is 15.8 Å². The molecule has 0 bridgehead atoms. The number of amides is 1. The van der Waals surface area contributed by atoms with Crippen LogP contribution >= 0.6 is 0 Å². The molecule has 1 aliphatic heterocycles. The van der Waals surface area contributed by atoms with Gasteiger partial charge in [0.2, 0.25) is 0 Å². The van der Waals surface area contributed by atoms with E-state index in [1.165, 1.54) is 0 Å². The Bertz CT molecular complexity index is 454. The summed E-state index contributed by atoms with van der Waals surface area (Å²) in [6.45, 7) is 5.48. The Labute approximate surface area is 107 Å². The number of aryl methyl sites for hydroxylation is 2. The SMILES string of the molecule is Cc1cc(O[C@H]2CCCNC2)c(C(N)=O)c(C)n1. The average Bonchev–Trinajstić information content (AvgIpc) is 2.28. The van der Waals surface area contributed by atoms with Crippen molar-refractivity contribution < 1.29 is 9.53 Å². The van der Waals surface area contributed by atoms with Crippen LogP contribution in [0.3, 0.4) is 0 Å². The maximum absolute atomic E-state index is 11.5. The predicted octanol–water partition coefficient (Wildman–Crippen LogP) is 0.928. The number of nitrogens with zero attached hydrogens (tertiary/aromatic N) is 1. The van der Waals surface area contributed by atoms with Gasteiger partial charge in [-0.05, 0) is 33.2 Å². The normalized spacial score (nSPS) is 19.6. The molecule has 0 unspecified atom stereocenters. The van der Waals surface area contributed by atoms with E-state index in [1.54, 1.807) is 13.0 Å². The van der Waals surface area contributed by atoms with Crippen molar-refractivity contribution in [3.8, 4) is 5.75 Å². The van der Waals surface area contributed by atoms with E-state index in [0.717, 1.165) is 31.6 Å². The van der Waals surface area contributed by atoms with E-state index in [-0.39, 0.29) is 6.10 Å². The molecule has 1 aliphatic rings. The topological polar surface area (TPSA) is 77.2 Å². The Morgan fingerprint density at radius 1 is 1.56 bits per heavy atom. The smallest absolute Gasteiger partial charge is 0.254 e. The third-order valence-electron chi connectivity index (χ3n) is 3.08. The molecule has 98 valence electrons. The predicted molar refractivity (Wildman–Crippen MR) is 68.7 cm³/mol. The average molecular weight is 249 g/mol. The van der Waals surface area contributed by atoms with Crippen LogP contribution in [0.5, 0.6) is 5.75 Å². The van der Waals surface area contributed by atoms with Gasteiger partial charge in [0.25, 0.3) is 5.91 Å². The lowest BCUT2D eigenvalue weighted by molar-refractivity contribution is 0.0988. The van der Waals surface area contributed by atoms with Crippen molar-refractivity contribution in [2.45, 2.75) is 32.8 Å². The molecule has 0 aliphatic carbocycles. The fraction of sp³-hybridized carbons (Fsp3) is 0.538. The van der Waals surface area contributed by atoms with Crippen LogP contribution in [-0.2, 0) is 0 Å². The second kappa shape index (κ2) is 5.35. The molecule has 1 amide bonds. The summed E-state index contributed by atoms with van der Waals surface area (Å²) in [6, 6.07) is 1.78. The number of hydrogen-bond acceptors (Lipinski definition) is 4. The van der Waals surface area contributed by atoms with Crippen molar-refractivity contribution in [1.82, 2.24) is 10.3 Å². The number of piperidine rings is 1. The number of nitrogens with one attached hydrogen (secondary N) is 1. The largest absolute Gasteiger partial charge is 0.488 e. The van der Waals surface area contributed by atoms with Gasteiger partial charge in [0, 0.05) is 18.3 Å². The molecular formula is C13H19N3O2. The number of pyridine rings is 1. The molecule has 2 rings (SSSR count). The lowest BCUT2D eigenvalue weighted by atomic mass is 10.1. The maximum atomic E-state index is 11.5. The van der Waals surface area contributed by atoms with Gasteiger partial charge in [-0.3, -0.25) is 9.78 Å². The minimum absolute atomic E-state index is 0.0954. The molecule has 1 aromatic rings. The summed E-state index contributed by atoms with van der Waals surface area (Å²) in [5.41, 5.74) is 7.25. The first-order valence-corrected chi connectivity index (χ1v) is 6.23. The van der Waals surface area contributed by atoms with E-state index in [0.29, 0.717) is 17.0 Å². The molecule has 1 fully saturated rings. The molecule has 1 atom stereocenters. The number of ether oxygens (including phenoxy) is 1. The second-order valence-corrected chi connectivity index (χ2v) is 4.67. The summed E-state index contributed by atoms with van der Waals surface area (Å²) in [6.07, 6.45) is 2.17. The third-order valence-corrected chi connectivity index (χ3v) is 3.08.